The van der Waals surface area contributed by atoms with Crippen LogP contribution in [-0.4, -0.2) is 66.4 Å². The number of likely N-dealkylation sites (N-methyl/N-ethyl adjacent to an activating group) is 1. The highest BCUT2D eigenvalue weighted by atomic mass is 32.1. The van der Waals surface area contributed by atoms with Crippen molar-refractivity contribution in [3.8, 4) is 6.07 Å². The lowest BCUT2D eigenvalue weighted by Gasteiger charge is -2.37. The van der Waals surface area contributed by atoms with Gasteiger partial charge in [-0.3, -0.25) is 14.6 Å². The monoisotopic (exact) mass is 346 g/mol. The highest BCUT2D eigenvalue weighted by Crippen LogP contribution is 2.34. The van der Waals surface area contributed by atoms with E-state index in [9.17, 15) is 10.1 Å². The lowest BCUT2D eigenvalue weighted by atomic mass is 10.1. The third-order valence-electron chi connectivity index (χ3n) is 5.35. The number of rotatable bonds is 6. The van der Waals surface area contributed by atoms with Crippen molar-refractivity contribution >= 4 is 17.2 Å². The minimum atomic E-state index is -0.181. The van der Waals surface area contributed by atoms with Crippen molar-refractivity contribution in [3.05, 3.63) is 22.4 Å². The molecule has 5 nitrogen and oxygen atoms in total. The van der Waals surface area contributed by atoms with Crippen LogP contribution in [0, 0.1) is 17.2 Å². The largest absolute Gasteiger partial charge is 0.339 e. The van der Waals surface area contributed by atoms with Crippen LogP contribution in [0.1, 0.15) is 30.7 Å². The summed E-state index contributed by atoms with van der Waals surface area (Å²) in [4.78, 5) is 20.0. The average molecular weight is 347 g/mol. The normalized spacial score (nSPS) is 21.5. The van der Waals surface area contributed by atoms with E-state index in [-0.39, 0.29) is 11.9 Å². The number of thiophene rings is 1. The number of hydrogen-bond acceptors (Lipinski definition) is 5. The smallest absolute Gasteiger partial charge is 0.236 e. The SMILES string of the molecule is C[C@@H](C1CC1)N(C)CC(=O)N1CCN([C@@H](C#N)c2cccs2)CC1. The van der Waals surface area contributed by atoms with Crippen LogP contribution >= 0.6 is 11.3 Å². The predicted molar refractivity (Wildman–Crippen MR) is 95.6 cm³/mol. The number of hydrogen-bond donors (Lipinski definition) is 0. The summed E-state index contributed by atoms with van der Waals surface area (Å²) in [7, 11) is 2.06. The summed E-state index contributed by atoms with van der Waals surface area (Å²) in [6.07, 6.45) is 2.60. The molecule has 24 heavy (non-hydrogen) atoms. The molecule has 1 aromatic heterocycles. The molecule has 0 unspecified atom stereocenters. The molecule has 2 heterocycles. The molecule has 0 aromatic carbocycles. The van der Waals surface area contributed by atoms with E-state index in [0.29, 0.717) is 25.7 Å². The number of amides is 1. The Balaban J connectivity index is 1.49. The molecule has 2 atom stereocenters. The highest BCUT2D eigenvalue weighted by molar-refractivity contribution is 7.10. The highest BCUT2D eigenvalue weighted by Gasteiger charge is 2.32. The van der Waals surface area contributed by atoms with Crippen LogP contribution in [0.25, 0.3) is 0 Å². The summed E-state index contributed by atoms with van der Waals surface area (Å²) < 4.78 is 0. The molecule has 0 N–H and O–H groups in total. The molecule has 0 spiro atoms. The maximum absolute atomic E-state index is 12.5. The molecular formula is C18H26N4OS. The summed E-state index contributed by atoms with van der Waals surface area (Å²) in [6, 6.07) is 6.73. The van der Waals surface area contributed by atoms with Crippen LogP contribution in [0.15, 0.2) is 17.5 Å². The summed E-state index contributed by atoms with van der Waals surface area (Å²) in [5.74, 6) is 0.996. The fourth-order valence-electron chi connectivity index (χ4n) is 3.40. The number of carbonyl (C=O) groups is 1. The molecule has 130 valence electrons. The third-order valence-corrected chi connectivity index (χ3v) is 6.28. The Morgan fingerprint density at radius 1 is 1.42 bits per heavy atom. The molecule has 6 heteroatoms. The molecule has 1 aliphatic carbocycles. The van der Waals surface area contributed by atoms with Gasteiger partial charge in [0.25, 0.3) is 0 Å². The summed E-state index contributed by atoms with van der Waals surface area (Å²) >= 11 is 1.63. The minimum absolute atomic E-state index is 0.181. The van der Waals surface area contributed by atoms with Crippen LogP contribution in [0.5, 0.6) is 0 Å². The lowest BCUT2D eigenvalue weighted by Crippen LogP contribution is -2.52. The van der Waals surface area contributed by atoms with Crippen molar-refractivity contribution in [1.29, 1.82) is 5.26 Å². The molecule has 1 aromatic rings. The Labute approximate surface area is 148 Å². The van der Waals surface area contributed by atoms with Crippen LogP contribution in [-0.2, 0) is 4.79 Å². The summed E-state index contributed by atoms with van der Waals surface area (Å²) in [5.41, 5.74) is 0. The first-order chi connectivity index (χ1) is 11.6. The standard InChI is InChI=1S/C18H26N4OS/c1-14(15-5-6-15)20(2)13-18(23)22-9-7-21(8-10-22)16(12-19)17-4-3-11-24-17/h3-4,11,14-16H,5-10,13H2,1-2H3/t14-,16-/m0/s1. The zero-order chi connectivity index (χ0) is 17.1. The minimum Gasteiger partial charge on any atom is -0.339 e. The van der Waals surface area contributed by atoms with Gasteiger partial charge in [-0.2, -0.15) is 5.26 Å². The first-order valence-corrected chi connectivity index (χ1v) is 9.63. The van der Waals surface area contributed by atoms with E-state index < -0.39 is 0 Å². The van der Waals surface area contributed by atoms with E-state index in [1.54, 1.807) is 11.3 Å². The molecule has 1 saturated heterocycles. The Kier molecular flexibility index (Phi) is 5.54. The Morgan fingerprint density at radius 2 is 2.12 bits per heavy atom. The maximum Gasteiger partial charge on any atom is 0.236 e. The van der Waals surface area contributed by atoms with E-state index in [2.05, 4.69) is 29.8 Å². The fourth-order valence-corrected chi connectivity index (χ4v) is 4.20. The zero-order valence-corrected chi connectivity index (χ0v) is 15.3. The third kappa shape index (κ3) is 3.97. The van der Waals surface area contributed by atoms with Gasteiger partial charge in [-0.15, -0.1) is 11.3 Å². The summed E-state index contributed by atoms with van der Waals surface area (Å²) in [6.45, 7) is 5.70. The van der Waals surface area contributed by atoms with Gasteiger partial charge >= 0.3 is 0 Å². The molecule has 3 rings (SSSR count). The molecule has 1 saturated carbocycles. The average Bonchev–Trinajstić information content (AvgIpc) is 3.31. The molecule has 2 fully saturated rings. The van der Waals surface area contributed by atoms with Crippen molar-refractivity contribution in [1.82, 2.24) is 14.7 Å². The van der Waals surface area contributed by atoms with Crippen molar-refractivity contribution in [2.75, 3.05) is 39.8 Å². The Morgan fingerprint density at radius 3 is 2.67 bits per heavy atom. The van der Waals surface area contributed by atoms with E-state index in [1.807, 2.05) is 22.4 Å². The van der Waals surface area contributed by atoms with Gasteiger partial charge < -0.3 is 4.90 Å². The van der Waals surface area contributed by atoms with Crippen molar-refractivity contribution in [3.63, 3.8) is 0 Å². The van der Waals surface area contributed by atoms with Crippen LogP contribution in [0.2, 0.25) is 0 Å². The van der Waals surface area contributed by atoms with Gasteiger partial charge in [0.05, 0.1) is 12.6 Å². The van der Waals surface area contributed by atoms with Gasteiger partial charge in [-0.05, 0) is 44.2 Å². The molecule has 0 radical (unpaired) electrons. The summed E-state index contributed by atoms with van der Waals surface area (Å²) in [5, 5.41) is 11.5. The molecule has 1 aliphatic heterocycles. The second-order valence-electron chi connectivity index (χ2n) is 6.96. The van der Waals surface area contributed by atoms with Crippen LogP contribution in [0.3, 0.4) is 0 Å². The topological polar surface area (TPSA) is 50.6 Å². The number of nitrogens with zero attached hydrogens (tertiary/aromatic N) is 4. The van der Waals surface area contributed by atoms with Crippen molar-refractivity contribution in [2.45, 2.75) is 31.8 Å². The van der Waals surface area contributed by atoms with Crippen molar-refractivity contribution in [2.24, 2.45) is 5.92 Å². The van der Waals surface area contributed by atoms with E-state index in [4.69, 9.17) is 0 Å². The van der Waals surface area contributed by atoms with E-state index in [1.165, 1.54) is 12.8 Å². The predicted octanol–water partition coefficient (Wildman–Crippen LogP) is 2.19. The Hall–Kier alpha value is -1.42. The lowest BCUT2D eigenvalue weighted by molar-refractivity contribution is -0.134. The molecular weight excluding hydrogens is 320 g/mol. The van der Waals surface area contributed by atoms with Crippen LogP contribution < -0.4 is 0 Å². The second-order valence-corrected chi connectivity index (χ2v) is 7.94. The first kappa shape index (κ1) is 17.4. The van der Waals surface area contributed by atoms with E-state index >= 15 is 0 Å². The number of nitriles is 1. The van der Waals surface area contributed by atoms with Gasteiger partial charge in [-0.1, -0.05) is 6.07 Å². The molecule has 0 bridgehead atoms. The quantitative estimate of drug-likeness (QED) is 0.792. The van der Waals surface area contributed by atoms with E-state index in [0.717, 1.165) is 23.9 Å². The maximum atomic E-state index is 12.5. The second kappa shape index (κ2) is 7.64. The molecule has 2 aliphatic rings. The van der Waals surface area contributed by atoms with Gasteiger partial charge in [-0.25, -0.2) is 0 Å². The van der Waals surface area contributed by atoms with Gasteiger partial charge in [0.1, 0.15) is 6.04 Å². The zero-order valence-electron chi connectivity index (χ0n) is 14.5. The van der Waals surface area contributed by atoms with Crippen LogP contribution in [0.4, 0.5) is 0 Å². The van der Waals surface area contributed by atoms with Gasteiger partial charge in [0, 0.05) is 37.1 Å². The fraction of sp³-hybridized carbons (Fsp3) is 0.667. The number of piperazine rings is 1. The van der Waals surface area contributed by atoms with Gasteiger partial charge in [0.15, 0.2) is 0 Å². The molecule has 1 amide bonds. The first-order valence-electron chi connectivity index (χ1n) is 8.75. The van der Waals surface area contributed by atoms with Crippen molar-refractivity contribution < 1.29 is 4.79 Å². The number of carbonyl (C=O) groups excluding carboxylic acids is 1. The van der Waals surface area contributed by atoms with Gasteiger partial charge in [0.2, 0.25) is 5.91 Å². The Bertz CT molecular complexity index is 585.